The third-order valence-corrected chi connectivity index (χ3v) is 2.45. The van der Waals surface area contributed by atoms with Crippen LogP contribution >= 0.6 is 0 Å². The number of halogens is 1. The molecule has 2 heteroatoms. The minimum Gasteiger partial charge on any atom is -0.496 e. The van der Waals surface area contributed by atoms with Crippen LogP contribution in [0, 0.1) is 5.82 Å². The highest BCUT2D eigenvalue weighted by Crippen LogP contribution is 2.19. The van der Waals surface area contributed by atoms with E-state index < -0.39 is 0 Å². The van der Waals surface area contributed by atoms with E-state index in [1.807, 2.05) is 36.4 Å². The highest BCUT2D eigenvalue weighted by Gasteiger charge is 2.01. The third kappa shape index (κ3) is 2.94. The lowest BCUT2D eigenvalue weighted by atomic mass is 10.1. The molecule has 0 heterocycles. The van der Waals surface area contributed by atoms with Gasteiger partial charge in [0.25, 0.3) is 0 Å². The van der Waals surface area contributed by atoms with E-state index in [4.69, 9.17) is 4.74 Å². The number of benzene rings is 2. The lowest BCUT2D eigenvalue weighted by Crippen LogP contribution is -1.88. The second-order valence-electron chi connectivity index (χ2n) is 3.63. The van der Waals surface area contributed by atoms with Gasteiger partial charge in [-0.15, -0.1) is 0 Å². The van der Waals surface area contributed by atoms with Crippen molar-refractivity contribution in [2.24, 2.45) is 0 Å². The Labute approximate surface area is 100 Å². The molecular formula is C15H13FO. The molecule has 86 valence electrons. The molecule has 0 radical (unpaired) electrons. The average Bonchev–Trinajstić information content (AvgIpc) is 2.38. The molecule has 0 bridgehead atoms. The lowest BCUT2D eigenvalue weighted by molar-refractivity contribution is 0.372. The Morgan fingerprint density at radius 3 is 2.24 bits per heavy atom. The monoisotopic (exact) mass is 228 g/mol. The first-order valence-corrected chi connectivity index (χ1v) is 5.36. The average molecular weight is 228 g/mol. The van der Waals surface area contributed by atoms with Crippen molar-refractivity contribution in [2.45, 2.75) is 0 Å². The maximum absolute atomic E-state index is 12.8. The molecule has 0 fully saturated rings. The van der Waals surface area contributed by atoms with Gasteiger partial charge in [0.05, 0.1) is 7.11 Å². The first kappa shape index (κ1) is 11.4. The van der Waals surface area contributed by atoms with Crippen LogP contribution in [0.25, 0.3) is 11.8 Å². The maximum atomic E-state index is 12.8. The van der Waals surface area contributed by atoms with Crippen molar-refractivity contribution in [3.8, 4) is 0 Å². The normalized spacial score (nSPS) is 11.3. The number of methoxy groups -OCH3 is 1. The number of rotatable bonds is 3. The summed E-state index contributed by atoms with van der Waals surface area (Å²) in [6.45, 7) is 0. The van der Waals surface area contributed by atoms with Crippen LogP contribution in [0.5, 0.6) is 0 Å². The van der Waals surface area contributed by atoms with E-state index in [1.165, 1.54) is 12.1 Å². The molecule has 0 aromatic heterocycles. The predicted molar refractivity (Wildman–Crippen MR) is 67.7 cm³/mol. The topological polar surface area (TPSA) is 9.23 Å². The van der Waals surface area contributed by atoms with Gasteiger partial charge in [0.15, 0.2) is 0 Å². The number of hydrogen-bond donors (Lipinski definition) is 0. The Hall–Kier alpha value is -2.09. The van der Waals surface area contributed by atoms with Crippen molar-refractivity contribution in [2.75, 3.05) is 7.11 Å². The summed E-state index contributed by atoms with van der Waals surface area (Å²) >= 11 is 0. The highest BCUT2D eigenvalue weighted by atomic mass is 19.1. The minimum atomic E-state index is -0.246. The van der Waals surface area contributed by atoms with Crippen molar-refractivity contribution in [3.05, 3.63) is 71.5 Å². The Kier molecular flexibility index (Phi) is 3.55. The van der Waals surface area contributed by atoms with Crippen LogP contribution in [0.15, 0.2) is 54.6 Å². The lowest BCUT2D eigenvalue weighted by Gasteiger charge is -2.06. The molecule has 0 aliphatic carbocycles. The van der Waals surface area contributed by atoms with Crippen LogP contribution in [-0.4, -0.2) is 7.11 Å². The van der Waals surface area contributed by atoms with E-state index in [0.717, 1.165) is 16.9 Å². The second-order valence-corrected chi connectivity index (χ2v) is 3.63. The largest absolute Gasteiger partial charge is 0.496 e. The summed E-state index contributed by atoms with van der Waals surface area (Å²) < 4.78 is 18.1. The Morgan fingerprint density at radius 2 is 1.65 bits per heavy atom. The maximum Gasteiger partial charge on any atom is 0.126 e. The van der Waals surface area contributed by atoms with Crippen LogP contribution in [0.3, 0.4) is 0 Å². The van der Waals surface area contributed by atoms with Crippen molar-refractivity contribution < 1.29 is 9.13 Å². The zero-order valence-corrected chi connectivity index (χ0v) is 9.56. The van der Waals surface area contributed by atoms with Gasteiger partial charge in [0.1, 0.15) is 11.6 Å². The summed E-state index contributed by atoms with van der Waals surface area (Å²) in [5, 5.41) is 0. The smallest absolute Gasteiger partial charge is 0.126 e. The molecule has 0 atom stereocenters. The number of hydrogen-bond acceptors (Lipinski definition) is 1. The summed E-state index contributed by atoms with van der Waals surface area (Å²) in [5.41, 5.74) is 1.91. The van der Waals surface area contributed by atoms with Crippen LogP contribution in [-0.2, 0) is 4.74 Å². The molecule has 1 nitrogen and oxygen atoms in total. The van der Waals surface area contributed by atoms with Crippen LogP contribution in [0.4, 0.5) is 4.39 Å². The van der Waals surface area contributed by atoms with Crippen LogP contribution < -0.4 is 0 Å². The van der Waals surface area contributed by atoms with Gasteiger partial charge in [0, 0.05) is 5.56 Å². The SMILES string of the molecule is CO/C(=C/c1ccccc1)c1ccc(F)cc1. The standard InChI is InChI=1S/C15H13FO/c1-17-15(11-12-5-3-2-4-6-12)13-7-9-14(16)10-8-13/h2-11H,1H3/b15-11+. The van der Waals surface area contributed by atoms with Gasteiger partial charge >= 0.3 is 0 Å². The zero-order chi connectivity index (χ0) is 12.1. The Balaban J connectivity index is 2.34. The second kappa shape index (κ2) is 5.30. The van der Waals surface area contributed by atoms with E-state index in [0.29, 0.717) is 0 Å². The van der Waals surface area contributed by atoms with Gasteiger partial charge in [-0.2, -0.15) is 0 Å². The summed E-state index contributed by atoms with van der Waals surface area (Å²) in [5.74, 6) is 0.472. The zero-order valence-electron chi connectivity index (χ0n) is 9.56. The Bertz CT molecular complexity index is 500. The molecule has 2 aromatic rings. The molecule has 0 N–H and O–H groups in total. The quantitative estimate of drug-likeness (QED) is 0.570. The van der Waals surface area contributed by atoms with Crippen LogP contribution in [0.2, 0.25) is 0 Å². The van der Waals surface area contributed by atoms with Crippen molar-refractivity contribution in [1.82, 2.24) is 0 Å². The van der Waals surface area contributed by atoms with Crippen molar-refractivity contribution >= 4 is 11.8 Å². The minimum absolute atomic E-state index is 0.246. The van der Waals surface area contributed by atoms with Crippen LogP contribution in [0.1, 0.15) is 11.1 Å². The first-order chi connectivity index (χ1) is 8.29. The number of ether oxygens (including phenoxy) is 1. The molecule has 2 aromatic carbocycles. The molecule has 0 spiro atoms. The molecule has 2 rings (SSSR count). The summed E-state index contributed by atoms with van der Waals surface area (Å²) in [6.07, 6.45) is 1.92. The predicted octanol–water partition coefficient (Wildman–Crippen LogP) is 3.97. The molecule has 0 aliphatic heterocycles. The van der Waals surface area contributed by atoms with Crippen molar-refractivity contribution in [3.63, 3.8) is 0 Å². The molecule has 17 heavy (non-hydrogen) atoms. The van der Waals surface area contributed by atoms with E-state index in [9.17, 15) is 4.39 Å². The van der Waals surface area contributed by atoms with Gasteiger partial charge in [-0.05, 0) is 35.9 Å². The van der Waals surface area contributed by atoms with E-state index >= 15 is 0 Å². The van der Waals surface area contributed by atoms with Gasteiger partial charge in [-0.3, -0.25) is 0 Å². The summed E-state index contributed by atoms with van der Waals surface area (Å²) in [7, 11) is 1.61. The van der Waals surface area contributed by atoms with Gasteiger partial charge in [0.2, 0.25) is 0 Å². The molecule has 0 amide bonds. The fourth-order valence-corrected chi connectivity index (χ4v) is 1.57. The molecule has 0 unspecified atom stereocenters. The molecular weight excluding hydrogens is 215 g/mol. The van der Waals surface area contributed by atoms with Gasteiger partial charge < -0.3 is 4.74 Å². The highest BCUT2D eigenvalue weighted by molar-refractivity contribution is 5.77. The molecule has 0 saturated heterocycles. The first-order valence-electron chi connectivity index (χ1n) is 5.36. The molecule has 0 aliphatic rings. The van der Waals surface area contributed by atoms with E-state index in [1.54, 1.807) is 19.2 Å². The fraction of sp³-hybridized carbons (Fsp3) is 0.0667. The molecule has 0 saturated carbocycles. The Morgan fingerprint density at radius 1 is 1.00 bits per heavy atom. The fourth-order valence-electron chi connectivity index (χ4n) is 1.57. The summed E-state index contributed by atoms with van der Waals surface area (Å²) in [4.78, 5) is 0. The van der Waals surface area contributed by atoms with Crippen molar-refractivity contribution in [1.29, 1.82) is 0 Å². The van der Waals surface area contributed by atoms with E-state index in [2.05, 4.69) is 0 Å². The van der Waals surface area contributed by atoms with E-state index in [-0.39, 0.29) is 5.82 Å². The van der Waals surface area contributed by atoms with Gasteiger partial charge in [-0.25, -0.2) is 4.39 Å². The summed E-state index contributed by atoms with van der Waals surface area (Å²) in [6, 6.07) is 16.1. The van der Waals surface area contributed by atoms with Gasteiger partial charge in [-0.1, -0.05) is 30.3 Å². The third-order valence-electron chi connectivity index (χ3n) is 2.45.